The van der Waals surface area contributed by atoms with Crippen LogP contribution in [0.2, 0.25) is 0 Å². The Bertz CT molecular complexity index is 822. The zero-order valence-corrected chi connectivity index (χ0v) is 13.3. The molecule has 0 radical (unpaired) electrons. The maximum atomic E-state index is 12.8. The number of halogens is 1. The van der Waals surface area contributed by atoms with Crippen molar-refractivity contribution in [2.75, 3.05) is 17.2 Å². The smallest absolute Gasteiger partial charge is 0.258 e. The monoisotopic (exact) mass is 337 g/mol. The maximum Gasteiger partial charge on any atom is 0.258 e. The number of benzene rings is 1. The average molecular weight is 337 g/mol. The average Bonchev–Trinajstić information content (AvgIpc) is 2.65. The first-order valence-electron chi connectivity index (χ1n) is 7.74. The van der Waals surface area contributed by atoms with Crippen LogP contribution in [0, 0.1) is 5.82 Å². The number of hydrogen-bond donors (Lipinski definition) is 2. The van der Waals surface area contributed by atoms with Crippen LogP contribution in [0.15, 0.2) is 60.9 Å². The van der Waals surface area contributed by atoms with Gasteiger partial charge in [-0.3, -0.25) is 9.78 Å². The lowest BCUT2D eigenvalue weighted by Crippen LogP contribution is -2.14. The molecule has 0 aliphatic carbocycles. The quantitative estimate of drug-likeness (QED) is 0.723. The third kappa shape index (κ3) is 4.81. The lowest BCUT2D eigenvalue weighted by molar-refractivity contribution is 0.102. The second-order valence-electron chi connectivity index (χ2n) is 5.30. The molecule has 126 valence electrons. The van der Waals surface area contributed by atoms with Crippen LogP contribution >= 0.6 is 0 Å². The predicted octanol–water partition coefficient (Wildman–Crippen LogP) is 2.92. The highest BCUT2D eigenvalue weighted by Crippen LogP contribution is 2.09. The van der Waals surface area contributed by atoms with E-state index in [2.05, 4.69) is 25.8 Å². The number of hydrogen-bond acceptors (Lipinski definition) is 5. The third-order valence-corrected chi connectivity index (χ3v) is 3.46. The first kappa shape index (κ1) is 16.5. The Labute approximate surface area is 144 Å². The lowest BCUT2D eigenvalue weighted by Gasteiger charge is -2.07. The van der Waals surface area contributed by atoms with Crippen molar-refractivity contribution in [1.29, 1.82) is 0 Å². The topological polar surface area (TPSA) is 79.8 Å². The van der Waals surface area contributed by atoms with Gasteiger partial charge < -0.3 is 10.6 Å². The Morgan fingerprint density at radius 3 is 2.44 bits per heavy atom. The molecule has 25 heavy (non-hydrogen) atoms. The van der Waals surface area contributed by atoms with E-state index in [1.165, 1.54) is 18.3 Å². The Kier molecular flexibility index (Phi) is 5.26. The number of nitrogens with one attached hydrogen (secondary N) is 2. The van der Waals surface area contributed by atoms with E-state index >= 15 is 0 Å². The molecule has 0 saturated carbocycles. The van der Waals surface area contributed by atoms with Crippen molar-refractivity contribution in [3.05, 3.63) is 77.9 Å². The minimum atomic E-state index is -0.292. The van der Waals surface area contributed by atoms with Gasteiger partial charge in [-0.25, -0.2) is 4.39 Å². The summed E-state index contributed by atoms with van der Waals surface area (Å²) >= 11 is 0. The second kappa shape index (κ2) is 7.96. The highest BCUT2D eigenvalue weighted by molar-refractivity contribution is 6.03. The van der Waals surface area contributed by atoms with E-state index in [4.69, 9.17) is 0 Å². The van der Waals surface area contributed by atoms with Crippen molar-refractivity contribution in [2.24, 2.45) is 0 Å². The fourth-order valence-corrected chi connectivity index (χ4v) is 2.16. The van der Waals surface area contributed by atoms with Gasteiger partial charge in [0.05, 0.1) is 5.56 Å². The Morgan fingerprint density at radius 1 is 1.00 bits per heavy atom. The van der Waals surface area contributed by atoms with Crippen LogP contribution in [0.1, 0.15) is 15.9 Å². The van der Waals surface area contributed by atoms with Gasteiger partial charge in [0.1, 0.15) is 11.6 Å². The van der Waals surface area contributed by atoms with Crippen molar-refractivity contribution in [2.45, 2.75) is 6.42 Å². The number of rotatable bonds is 6. The largest absolute Gasteiger partial charge is 0.368 e. The van der Waals surface area contributed by atoms with Gasteiger partial charge in [-0.15, -0.1) is 10.2 Å². The Hall–Kier alpha value is -3.35. The third-order valence-electron chi connectivity index (χ3n) is 3.46. The van der Waals surface area contributed by atoms with Gasteiger partial charge in [-0.2, -0.15) is 0 Å². The van der Waals surface area contributed by atoms with Crippen molar-refractivity contribution in [3.63, 3.8) is 0 Å². The van der Waals surface area contributed by atoms with E-state index in [1.807, 2.05) is 0 Å². The van der Waals surface area contributed by atoms with Gasteiger partial charge in [0.15, 0.2) is 5.82 Å². The van der Waals surface area contributed by atoms with Crippen LogP contribution in [-0.4, -0.2) is 27.6 Å². The molecular formula is C18H16FN5O. The van der Waals surface area contributed by atoms with Crippen LogP contribution in [0.5, 0.6) is 0 Å². The molecule has 3 aromatic rings. The summed E-state index contributed by atoms with van der Waals surface area (Å²) in [7, 11) is 0. The molecule has 0 aliphatic heterocycles. The van der Waals surface area contributed by atoms with E-state index in [1.54, 1.807) is 42.6 Å². The van der Waals surface area contributed by atoms with Crippen LogP contribution < -0.4 is 10.6 Å². The standard InChI is InChI=1S/C18H16FN5O/c19-15-5-3-13(4-6-15)9-11-21-16-7-8-17(24-23-16)22-18(25)14-2-1-10-20-12-14/h1-8,10,12H,9,11H2,(H,21,23)(H,22,24,25). The number of pyridine rings is 1. The van der Waals surface area contributed by atoms with Gasteiger partial charge in [0.2, 0.25) is 0 Å². The number of carbonyl (C=O) groups excluding carboxylic acids is 1. The fourth-order valence-electron chi connectivity index (χ4n) is 2.16. The predicted molar refractivity (Wildman–Crippen MR) is 92.8 cm³/mol. The van der Waals surface area contributed by atoms with Crippen molar-refractivity contribution in [1.82, 2.24) is 15.2 Å². The molecule has 0 atom stereocenters. The van der Waals surface area contributed by atoms with E-state index in [0.717, 1.165) is 12.0 Å². The summed E-state index contributed by atoms with van der Waals surface area (Å²) in [5.41, 5.74) is 1.48. The number of carbonyl (C=O) groups is 1. The van der Waals surface area contributed by atoms with Gasteiger partial charge >= 0.3 is 0 Å². The van der Waals surface area contributed by atoms with Crippen LogP contribution in [0.25, 0.3) is 0 Å². The molecule has 0 spiro atoms. The van der Waals surface area contributed by atoms with E-state index in [-0.39, 0.29) is 11.7 Å². The fraction of sp³-hybridized carbons (Fsp3) is 0.111. The first-order valence-corrected chi connectivity index (χ1v) is 7.74. The summed E-state index contributed by atoms with van der Waals surface area (Å²) in [5.74, 6) is 0.422. The Morgan fingerprint density at radius 2 is 1.76 bits per heavy atom. The molecule has 0 aliphatic rings. The summed E-state index contributed by atoms with van der Waals surface area (Å²) < 4.78 is 12.8. The lowest BCUT2D eigenvalue weighted by atomic mass is 10.1. The van der Waals surface area contributed by atoms with Crippen LogP contribution in [0.3, 0.4) is 0 Å². The summed E-state index contributed by atoms with van der Waals surface area (Å²) in [6.07, 6.45) is 3.82. The van der Waals surface area contributed by atoms with E-state index in [9.17, 15) is 9.18 Å². The minimum Gasteiger partial charge on any atom is -0.368 e. The zero-order valence-electron chi connectivity index (χ0n) is 13.3. The molecule has 7 heteroatoms. The molecule has 0 unspecified atom stereocenters. The minimum absolute atomic E-state index is 0.244. The normalized spacial score (nSPS) is 10.3. The molecular weight excluding hydrogens is 321 g/mol. The molecule has 1 amide bonds. The highest BCUT2D eigenvalue weighted by Gasteiger charge is 2.07. The second-order valence-corrected chi connectivity index (χ2v) is 5.30. The highest BCUT2D eigenvalue weighted by atomic mass is 19.1. The summed E-state index contributed by atoms with van der Waals surface area (Å²) in [4.78, 5) is 15.9. The van der Waals surface area contributed by atoms with Gasteiger partial charge in [-0.1, -0.05) is 12.1 Å². The molecule has 2 N–H and O–H groups in total. The Balaban J connectivity index is 1.50. The first-order chi connectivity index (χ1) is 12.2. The van der Waals surface area contributed by atoms with Gasteiger partial charge in [-0.05, 0) is 48.4 Å². The number of nitrogens with zero attached hydrogens (tertiary/aromatic N) is 3. The van der Waals surface area contributed by atoms with Crippen LogP contribution in [0.4, 0.5) is 16.0 Å². The summed E-state index contributed by atoms with van der Waals surface area (Å²) in [6, 6.07) is 13.1. The number of aromatic nitrogens is 3. The van der Waals surface area contributed by atoms with E-state index in [0.29, 0.717) is 23.7 Å². The van der Waals surface area contributed by atoms with Crippen LogP contribution in [-0.2, 0) is 6.42 Å². The summed E-state index contributed by atoms with van der Waals surface area (Å²) in [6.45, 7) is 0.641. The molecule has 6 nitrogen and oxygen atoms in total. The zero-order chi connectivity index (χ0) is 17.5. The SMILES string of the molecule is O=C(Nc1ccc(NCCc2ccc(F)cc2)nn1)c1cccnc1. The molecule has 3 rings (SSSR count). The van der Waals surface area contributed by atoms with Gasteiger partial charge in [0.25, 0.3) is 5.91 Å². The van der Waals surface area contributed by atoms with Crippen molar-refractivity contribution >= 4 is 17.5 Å². The molecule has 1 aromatic carbocycles. The molecule has 0 fully saturated rings. The van der Waals surface area contributed by atoms with Crippen molar-refractivity contribution in [3.8, 4) is 0 Å². The van der Waals surface area contributed by atoms with Gasteiger partial charge in [0, 0.05) is 18.9 Å². The van der Waals surface area contributed by atoms with Crippen molar-refractivity contribution < 1.29 is 9.18 Å². The molecule has 2 aromatic heterocycles. The number of amides is 1. The van der Waals surface area contributed by atoms with E-state index < -0.39 is 0 Å². The number of anilines is 2. The molecule has 0 bridgehead atoms. The maximum absolute atomic E-state index is 12.8. The molecule has 2 heterocycles. The summed E-state index contributed by atoms with van der Waals surface area (Å²) in [5, 5.41) is 13.8. The molecule has 0 saturated heterocycles.